The Morgan fingerprint density at radius 3 is 2.81 bits per heavy atom. The van der Waals surface area contributed by atoms with Gasteiger partial charge in [0, 0.05) is 18.3 Å². The molecule has 2 aromatic rings. The van der Waals surface area contributed by atoms with Gasteiger partial charge in [0.15, 0.2) is 0 Å². The molecule has 9 heteroatoms. The zero-order chi connectivity index (χ0) is 15.4. The maximum atomic E-state index is 12.2. The minimum atomic E-state index is -0.784. The van der Waals surface area contributed by atoms with Gasteiger partial charge in [-0.3, -0.25) is 4.79 Å². The number of amides is 1. The highest BCUT2D eigenvalue weighted by Crippen LogP contribution is 2.31. The Bertz CT molecular complexity index is 642. The van der Waals surface area contributed by atoms with E-state index in [9.17, 15) is 9.59 Å². The number of nitrogens with one attached hydrogen (secondary N) is 2. The van der Waals surface area contributed by atoms with E-state index in [0.717, 1.165) is 9.48 Å². The summed E-state index contributed by atoms with van der Waals surface area (Å²) < 4.78 is 6.24. The number of esters is 1. The number of H-pyrrole nitrogens is 1. The van der Waals surface area contributed by atoms with Crippen molar-refractivity contribution in [2.45, 2.75) is 12.5 Å². The predicted octanol–water partition coefficient (Wildman–Crippen LogP) is 2.51. The van der Waals surface area contributed by atoms with Crippen molar-refractivity contribution < 1.29 is 14.3 Å². The van der Waals surface area contributed by atoms with Crippen LogP contribution in [0.5, 0.6) is 0 Å². The van der Waals surface area contributed by atoms with Gasteiger partial charge in [-0.05, 0) is 37.9 Å². The molecule has 0 radical (unpaired) electrons. The lowest BCUT2D eigenvalue weighted by atomic mass is 10.1. The van der Waals surface area contributed by atoms with E-state index in [4.69, 9.17) is 4.74 Å². The van der Waals surface area contributed by atoms with E-state index in [1.807, 2.05) is 0 Å². The SMILES string of the molecule is COC(=O)[C@H](Cc1cnc[nH]1)NC(=O)c1cc(Br)sc1Br. The molecule has 0 aliphatic heterocycles. The fourth-order valence-corrected chi connectivity index (χ4v) is 4.48. The van der Waals surface area contributed by atoms with E-state index in [1.165, 1.54) is 24.8 Å². The van der Waals surface area contributed by atoms with Crippen molar-refractivity contribution in [1.82, 2.24) is 15.3 Å². The van der Waals surface area contributed by atoms with E-state index >= 15 is 0 Å². The van der Waals surface area contributed by atoms with Crippen LogP contribution in [0.3, 0.4) is 0 Å². The number of aromatic amines is 1. The molecule has 2 N–H and O–H groups in total. The van der Waals surface area contributed by atoms with E-state index in [1.54, 1.807) is 12.3 Å². The van der Waals surface area contributed by atoms with Gasteiger partial charge in [0.25, 0.3) is 5.91 Å². The Balaban J connectivity index is 2.13. The summed E-state index contributed by atoms with van der Waals surface area (Å²) in [5.41, 5.74) is 1.20. The molecule has 1 atom stereocenters. The van der Waals surface area contributed by atoms with Gasteiger partial charge in [0.2, 0.25) is 0 Å². The Kier molecular flexibility index (Phi) is 5.54. The number of rotatable bonds is 5. The largest absolute Gasteiger partial charge is 0.467 e. The summed E-state index contributed by atoms with van der Waals surface area (Å²) >= 11 is 8.01. The molecule has 0 saturated carbocycles. The third-order valence-electron chi connectivity index (χ3n) is 2.67. The molecule has 0 aliphatic rings. The summed E-state index contributed by atoms with van der Waals surface area (Å²) in [7, 11) is 1.28. The first kappa shape index (κ1) is 16.2. The number of carbonyl (C=O) groups is 2. The average Bonchev–Trinajstić information content (AvgIpc) is 3.06. The number of imidazole rings is 1. The average molecular weight is 437 g/mol. The van der Waals surface area contributed by atoms with E-state index < -0.39 is 12.0 Å². The topological polar surface area (TPSA) is 84.1 Å². The second kappa shape index (κ2) is 7.19. The number of hydrogen-bond donors (Lipinski definition) is 2. The number of halogens is 2. The Morgan fingerprint density at radius 2 is 2.29 bits per heavy atom. The lowest BCUT2D eigenvalue weighted by Crippen LogP contribution is -2.43. The minimum absolute atomic E-state index is 0.279. The van der Waals surface area contributed by atoms with Gasteiger partial charge >= 0.3 is 5.97 Å². The number of methoxy groups -OCH3 is 1. The third kappa shape index (κ3) is 4.14. The van der Waals surface area contributed by atoms with Crippen LogP contribution in [0.25, 0.3) is 0 Å². The summed E-state index contributed by atoms with van der Waals surface area (Å²) in [5.74, 6) is -0.859. The van der Waals surface area contributed by atoms with E-state index in [-0.39, 0.29) is 12.3 Å². The fourth-order valence-electron chi connectivity index (χ4n) is 1.68. The van der Waals surface area contributed by atoms with Crippen molar-refractivity contribution in [1.29, 1.82) is 0 Å². The molecule has 2 rings (SSSR count). The molecule has 0 fully saturated rings. The lowest BCUT2D eigenvalue weighted by molar-refractivity contribution is -0.142. The number of hydrogen-bond acceptors (Lipinski definition) is 5. The molecule has 0 unspecified atom stereocenters. The molecule has 1 amide bonds. The van der Waals surface area contributed by atoms with E-state index in [0.29, 0.717) is 9.35 Å². The third-order valence-corrected chi connectivity index (χ3v) is 5.01. The number of nitrogens with zero attached hydrogens (tertiary/aromatic N) is 1. The van der Waals surface area contributed by atoms with Crippen molar-refractivity contribution in [2.24, 2.45) is 0 Å². The summed E-state index contributed by atoms with van der Waals surface area (Å²) in [6, 6.07) is 0.905. The van der Waals surface area contributed by atoms with Gasteiger partial charge in [-0.2, -0.15) is 0 Å². The van der Waals surface area contributed by atoms with Gasteiger partial charge in [-0.25, -0.2) is 9.78 Å². The highest BCUT2D eigenvalue weighted by Gasteiger charge is 2.24. The van der Waals surface area contributed by atoms with Crippen LogP contribution in [0.4, 0.5) is 0 Å². The van der Waals surface area contributed by atoms with Crippen LogP contribution in [-0.2, 0) is 16.0 Å². The molecule has 21 heavy (non-hydrogen) atoms. The molecule has 0 spiro atoms. The minimum Gasteiger partial charge on any atom is -0.467 e. The fraction of sp³-hybridized carbons (Fsp3) is 0.250. The molecule has 6 nitrogen and oxygen atoms in total. The zero-order valence-electron chi connectivity index (χ0n) is 10.9. The van der Waals surface area contributed by atoms with Crippen LogP contribution in [-0.4, -0.2) is 35.0 Å². The standard InChI is InChI=1S/C12H11Br2N3O3S/c1-20-12(19)8(2-6-4-15-5-16-6)17-11(18)7-3-9(13)21-10(7)14/h3-5,8H,2H2,1H3,(H,15,16)(H,17,18)/t8-/m0/s1. The monoisotopic (exact) mass is 435 g/mol. The summed E-state index contributed by atoms with van der Waals surface area (Å²) in [6.45, 7) is 0. The number of carbonyl (C=O) groups excluding carboxylic acids is 2. The van der Waals surface area contributed by atoms with Crippen LogP contribution in [0.15, 0.2) is 26.2 Å². The first-order valence-electron chi connectivity index (χ1n) is 5.82. The molecule has 0 bridgehead atoms. The van der Waals surface area contributed by atoms with Gasteiger partial charge in [-0.15, -0.1) is 11.3 Å². The summed E-state index contributed by atoms with van der Waals surface area (Å²) in [6.07, 6.45) is 3.39. The normalized spacial score (nSPS) is 12.0. The second-order valence-corrected chi connectivity index (χ2v) is 7.82. The molecule has 0 aliphatic carbocycles. The quantitative estimate of drug-likeness (QED) is 0.705. The Morgan fingerprint density at radius 1 is 1.52 bits per heavy atom. The van der Waals surface area contributed by atoms with Crippen molar-refractivity contribution in [3.05, 3.63) is 37.4 Å². The van der Waals surface area contributed by atoms with Crippen molar-refractivity contribution in [3.63, 3.8) is 0 Å². The maximum Gasteiger partial charge on any atom is 0.328 e. The molecule has 2 heterocycles. The summed E-state index contributed by atoms with van der Waals surface area (Å²) in [5, 5.41) is 2.67. The first-order valence-corrected chi connectivity index (χ1v) is 8.22. The van der Waals surface area contributed by atoms with Crippen LogP contribution < -0.4 is 5.32 Å². The van der Waals surface area contributed by atoms with Gasteiger partial charge < -0.3 is 15.0 Å². The van der Waals surface area contributed by atoms with Gasteiger partial charge in [-0.1, -0.05) is 0 Å². The van der Waals surface area contributed by atoms with Crippen LogP contribution in [0.2, 0.25) is 0 Å². The number of thiophene rings is 1. The van der Waals surface area contributed by atoms with Gasteiger partial charge in [0.1, 0.15) is 6.04 Å². The molecule has 0 aromatic carbocycles. The molecule has 112 valence electrons. The van der Waals surface area contributed by atoms with Crippen LogP contribution in [0.1, 0.15) is 16.1 Å². The second-order valence-electron chi connectivity index (χ2n) is 4.07. The lowest BCUT2D eigenvalue weighted by Gasteiger charge is -2.15. The van der Waals surface area contributed by atoms with E-state index in [2.05, 4.69) is 47.1 Å². The first-order chi connectivity index (χ1) is 10.0. The van der Waals surface area contributed by atoms with Crippen LogP contribution in [0, 0.1) is 0 Å². The van der Waals surface area contributed by atoms with Crippen LogP contribution >= 0.6 is 43.2 Å². The van der Waals surface area contributed by atoms with Gasteiger partial charge in [0.05, 0.1) is 26.6 Å². The highest BCUT2D eigenvalue weighted by molar-refractivity contribution is 9.12. The van der Waals surface area contributed by atoms with Crippen molar-refractivity contribution in [3.8, 4) is 0 Å². The Labute approximate surface area is 141 Å². The maximum absolute atomic E-state index is 12.2. The number of aromatic nitrogens is 2. The smallest absolute Gasteiger partial charge is 0.328 e. The van der Waals surface area contributed by atoms with Crippen molar-refractivity contribution >= 4 is 55.1 Å². The van der Waals surface area contributed by atoms with Crippen molar-refractivity contribution in [2.75, 3.05) is 7.11 Å². The number of ether oxygens (including phenoxy) is 1. The molecular formula is C12H11Br2N3O3S. The molecular weight excluding hydrogens is 426 g/mol. The predicted molar refractivity (Wildman–Crippen MR) is 85.3 cm³/mol. The molecule has 2 aromatic heterocycles. The highest BCUT2D eigenvalue weighted by atomic mass is 79.9. The zero-order valence-corrected chi connectivity index (χ0v) is 14.8. The summed E-state index contributed by atoms with van der Waals surface area (Å²) in [4.78, 5) is 30.8. The molecule has 0 saturated heterocycles. The Hall–Kier alpha value is -1.19.